The van der Waals surface area contributed by atoms with E-state index in [1.54, 1.807) is 6.07 Å². The van der Waals surface area contributed by atoms with Gasteiger partial charge >= 0.3 is 0 Å². The minimum Gasteiger partial charge on any atom is -0.323 e. The molecule has 0 aliphatic rings. The third-order valence-corrected chi connectivity index (χ3v) is 2.79. The summed E-state index contributed by atoms with van der Waals surface area (Å²) in [6.07, 6.45) is 0. The predicted molar refractivity (Wildman–Crippen MR) is 70.1 cm³/mol. The first-order chi connectivity index (χ1) is 6.32. The van der Waals surface area contributed by atoms with Crippen LogP contribution in [-0.2, 0) is 0 Å². The first kappa shape index (κ1) is 15.0. The summed E-state index contributed by atoms with van der Waals surface area (Å²) in [7, 11) is 0. The summed E-state index contributed by atoms with van der Waals surface area (Å²) in [6, 6.07) is 5.35. The van der Waals surface area contributed by atoms with Gasteiger partial charge in [0.25, 0.3) is 0 Å². The molecule has 0 spiro atoms. The first-order valence-corrected chi connectivity index (χ1v) is 5.28. The molecular formula is C11H16Cl3N. The maximum Gasteiger partial charge on any atom is 0.0468 e. The summed E-state index contributed by atoms with van der Waals surface area (Å²) in [6.45, 7) is 6.26. The van der Waals surface area contributed by atoms with Crippen molar-refractivity contribution in [1.82, 2.24) is 0 Å². The van der Waals surface area contributed by atoms with Crippen LogP contribution in [0.2, 0.25) is 10.0 Å². The van der Waals surface area contributed by atoms with Crippen LogP contribution in [0, 0.1) is 5.41 Å². The molecule has 2 N–H and O–H groups in total. The van der Waals surface area contributed by atoms with Crippen molar-refractivity contribution in [1.29, 1.82) is 0 Å². The molecule has 0 bridgehead atoms. The van der Waals surface area contributed by atoms with Gasteiger partial charge < -0.3 is 5.73 Å². The van der Waals surface area contributed by atoms with Gasteiger partial charge in [0, 0.05) is 16.1 Å². The van der Waals surface area contributed by atoms with E-state index in [9.17, 15) is 0 Å². The van der Waals surface area contributed by atoms with Crippen LogP contribution >= 0.6 is 35.6 Å². The van der Waals surface area contributed by atoms with Gasteiger partial charge in [-0.1, -0.05) is 50.0 Å². The molecule has 0 amide bonds. The van der Waals surface area contributed by atoms with Crippen LogP contribution in [0.15, 0.2) is 18.2 Å². The van der Waals surface area contributed by atoms with E-state index in [1.807, 2.05) is 12.1 Å². The Morgan fingerprint density at radius 3 is 2.13 bits per heavy atom. The van der Waals surface area contributed by atoms with E-state index in [1.165, 1.54) is 0 Å². The number of rotatable bonds is 1. The van der Waals surface area contributed by atoms with Crippen LogP contribution in [0.3, 0.4) is 0 Å². The molecule has 0 fully saturated rings. The van der Waals surface area contributed by atoms with Crippen LogP contribution in [0.25, 0.3) is 0 Å². The highest BCUT2D eigenvalue weighted by Gasteiger charge is 2.23. The molecule has 0 radical (unpaired) electrons. The molecule has 0 aliphatic heterocycles. The van der Waals surface area contributed by atoms with E-state index in [4.69, 9.17) is 28.9 Å². The lowest BCUT2D eigenvalue weighted by atomic mass is 9.83. The minimum absolute atomic E-state index is 0. The molecular weight excluding hydrogens is 252 g/mol. The standard InChI is InChI=1S/C11H15Cl2N.ClH/c1-11(2,3)10(14)8-5-4-7(12)6-9(8)13;/h4-6,10H,14H2,1-3H3;1H/t10-;/m0./s1. The van der Waals surface area contributed by atoms with Gasteiger partial charge in [-0.3, -0.25) is 0 Å². The van der Waals surface area contributed by atoms with Gasteiger partial charge in [0.05, 0.1) is 0 Å². The maximum atomic E-state index is 6.10. The van der Waals surface area contributed by atoms with E-state index in [0.29, 0.717) is 10.0 Å². The summed E-state index contributed by atoms with van der Waals surface area (Å²) >= 11 is 11.9. The SMILES string of the molecule is CC(C)(C)[C@@H](N)c1ccc(Cl)cc1Cl.Cl. The van der Waals surface area contributed by atoms with Gasteiger partial charge in [0.1, 0.15) is 0 Å². The van der Waals surface area contributed by atoms with Gasteiger partial charge in [-0.2, -0.15) is 0 Å². The molecule has 86 valence electrons. The van der Waals surface area contributed by atoms with Gasteiger partial charge in [-0.05, 0) is 23.1 Å². The van der Waals surface area contributed by atoms with Crippen molar-refractivity contribution in [3.05, 3.63) is 33.8 Å². The molecule has 0 aromatic heterocycles. The van der Waals surface area contributed by atoms with Crippen LogP contribution in [0.5, 0.6) is 0 Å². The number of benzene rings is 1. The lowest BCUT2D eigenvalue weighted by molar-refractivity contribution is 0.327. The fourth-order valence-corrected chi connectivity index (χ4v) is 1.75. The van der Waals surface area contributed by atoms with E-state index < -0.39 is 0 Å². The number of nitrogens with two attached hydrogens (primary N) is 1. The lowest BCUT2D eigenvalue weighted by Crippen LogP contribution is -2.26. The van der Waals surface area contributed by atoms with Gasteiger partial charge in [0.2, 0.25) is 0 Å². The van der Waals surface area contributed by atoms with Gasteiger partial charge in [-0.25, -0.2) is 0 Å². The monoisotopic (exact) mass is 267 g/mol. The van der Waals surface area contributed by atoms with Crippen LogP contribution in [0.4, 0.5) is 0 Å². The highest BCUT2D eigenvalue weighted by Crippen LogP contribution is 2.35. The number of halogens is 3. The molecule has 1 nitrogen and oxygen atoms in total. The topological polar surface area (TPSA) is 26.0 Å². The molecule has 1 aromatic carbocycles. The van der Waals surface area contributed by atoms with Crippen LogP contribution < -0.4 is 5.73 Å². The lowest BCUT2D eigenvalue weighted by Gasteiger charge is -2.28. The molecule has 0 saturated carbocycles. The number of hydrogen-bond donors (Lipinski definition) is 1. The van der Waals surface area contributed by atoms with E-state index in [-0.39, 0.29) is 23.9 Å². The zero-order chi connectivity index (χ0) is 10.9. The zero-order valence-electron chi connectivity index (χ0n) is 9.05. The molecule has 0 saturated heterocycles. The first-order valence-electron chi connectivity index (χ1n) is 4.53. The molecule has 1 rings (SSSR count). The Labute approximate surface area is 107 Å². The highest BCUT2D eigenvalue weighted by atomic mass is 35.5. The van der Waals surface area contributed by atoms with E-state index >= 15 is 0 Å². The Morgan fingerprint density at radius 2 is 1.73 bits per heavy atom. The van der Waals surface area contributed by atoms with Crippen LogP contribution in [0.1, 0.15) is 32.4 Å². The van der Waals surface area contributed by atoms with Crippen molar-refractivity contribution < 1.29 is 0 Å². The summed E-state index contributed by atoms with van der Waals surface area (Å²) in [5.41, 5.74) is 7.04. The molecule has 4 heteroatoms. The molecule has 0 aliphatic carbocycles. The fraction of sp³-hybridized carbons (Fsp3) is 0.455. The average molecular weight is 269 g/mol. The second-order valence-electron chi connectivity index (χ2n) is 4.51. The van der Waals surface area contributed by atoms with Gasteiger partial charge in [0.15, 0.2) is 0 Å². The second kappa shape index (κ2) is 5.40. The summed E-state index contributed by atoms with van der Waals surface area (Å²) in [5, 5.41) is 1.28. The summed E-state index contributed by atoms with van der Waals surface area (Å²) < 4.78 is 0. The highest BCUT2D eigenvalue weighted by molar-refractivity contribution is 6.35. The quantitative estimate of drug-likeness (QED) is 0.799. The fourth-order valence-electron chi connectivity index (χ4n) is 1.22. The van der Waals surface area contributed by atoms with E-state index in [0.717, 1.165) is 5.56 Å². The smallest absolute Gasteiger partial charge is 0.0468 e. The molecule has 0 heterocycles. The molecule has 1 atom stereocenters. The van der Waals surface area contributed by atoms with Crippen LogP contribution in [-0.4, -0.2) is 0 Å². The van der Waals surface area contributed by atoms with Gasteiger partial charge in [-0.15, -0.1) is 12.4 Å². The Morgan fingerprint density at radius 1 is 1.20 bits per heavy atom. The Hall–Kier alpha value is 0.0500. The van der Waals surface area contributed by atoms with Crippen molar-refractivity contribution in [3.63, 3.8) is 0 Å². The Bertz CT molecular complexity index is 331. The predicted octanol–water partition coefficient (Wildman–Crippen LogP) is 4.46. The third kappa shape index (κ3) is 3.84. The largest absolute Gasteiger partial charge is 0.323 e. The van der Waals surface area contributed by atoms with Crippen molar-refractivity contribution in [2.24, 2.45) is 11.1 Å². The average Bonchev–Trinajstić information content (AvgIpc) is 2.01. The second-order valence-corrected chi connectivity index (χ2v) is 5.35. The summed E-state index contributed by atoms with van der Waals surface area (Å²) in [4.78, 5) is 0. The zero-order valence-corrected chi connectivity index (χ0v) is 11.4. The Balaban J connectivity index is 0.00000196. The molecule has 0 unspecified atom stereocenters. The van der Waals surface area contributed by atoms with Crippen molar-refractivity contribution >= 4 is 35.6 Å². The number of hydrogen-bond acceptors (Lipinski definition) is 1. The Kier molecular flexibility index (Phi) is 5.42. The van der Waals surface area contributed by atoms with Crippen molar-refractivity contribution in [2.75, 3.05) is 0 Å². The normalized spacial score (nSPS) is 13.2. The maximum absolute atomic E-state index is 6.10. The summed E-state index contributed by atoms with van der Waals surface area (Å²) in [5.74, 6) is 0. The van der Waals surface area contributed by atoms with Crippen molar-refractivity contribution in [3.8, 4) is 0 Å². The molecule has 1 aromatic rings. The third-order valence-electron chi connectivity index (χ3n) is 2.23. The molecule has 15 heavy (non-hydrogen) atoms. The van der Waals surface area contributed by atoms with Crippen molar-refractivity contribution in [2.45, 2.75) is 26.8 Å². The van der Waals surface area contributed by atoms with E-state index in [2.05, 4.69) is 20.8 Å². The minimum atomic E-state index is -0.0766.